The molecule has 0 unspecified atom stereocenters. The lowest BCUT2D eigenvalue weighted by Crippen LogP contribution is -2.39. The number of para-hydroxylation sites is 1. The third-order valence-corrected chi connectivity index (χ3v) is 6.80. The van der Waals surface area contributed by atoms with Gasteiger partial charge in [0, 0.05) is 10.6 Å². The Morgan fingerprint density at radius 3 is 2.79 bits per heavy atom. The predicted molar refractivity (Wildman–Crippen MR) is 116 cm³/mol. The van der Waals surface area contributed by atoms with E-state index in [-0.39, 0.29) is 17.7 Å². The highest BCUT2D eigenvalue weighted by molar-refractivity contribution is 8.00. The molecule has 8 heteroatoms. The monoisotopic (exact) mass is 429 g/mol. The summed E-state index contributed by atoms with van der Waals surface area (Å²) in [5.74, 6) is 2.38. The van der Waals surface area contributed by atoms with Crippen LogP contribution in [0, 0.1) is 0 Å². The summed E-state index contributed by atoms with van der Waals surface area (Å²) in [6.07, 6.45) is 1.98. The van der Waals surface area contributed by atoms with Crippen molar-refractivity contribution in [3.8, 4) is 0 Å². The molecule has 0 N–H and O–H groups in total. The molecule has 4 rings (SSSR count). The van der Waals surface area contributed by atoms with Crippen LogP contribution in [0.2, 0.25) is 0 Å². The summed E-state index contributed by atoms with van der Waals surface area (Å²) in [5.41, 5.74) is 2.11. The Kier molecular flexibility index (Phi) is 6.29. The molecule has 28 heavy (non-hydrogen) atoms. The number of hydrogen-bond acceptors (Lipinski definition) is 7. The Labute approximate surface area is 176 Å². The summed E-state index contributed by atoms with van der Waals surface area (Å²) >= 11 is 4.71. The van der Waals surface area contributed by atoms with E-state index in [2.05, 4.69) is 28.4 Å². The van der Waals surface area contributed by atoms with Crippen LogP contribution >= 0.6 is 35.3 Å². The molecular formula is C20H19N3O2S3. The minimum atomic E-state index is 0.00365. The van der Waals surface area contributed by atoms with Gasteiger partial charge in [0.05, 0.1) is 23.2 Å². The van der Waals surface area contributed by atoms with Crippen LogP contribution in [0.4, 0.5) is 5.69 Å². The van der Waals surface area contributed by atoms with Gasteiger partial charge in [0.1, 0.15) is 0 Å². The topological polar surface area (TPSA) is 59.2 Å². The fraction of sp³-hybridized carbons (Fsp3) is 0.250. The molecule has 0 saturated heterocycles. The lowest BCUT2D eigenvalue weighted by molar-refractivity contribution is -0.116. The van der Waals surface area contributed by atoms with Gasteiger partial charge in [-0.2, -0.15) is 11.8 Å². The number of rotatable bonds is 6. The molecule has 3 aromatic rings. The van der Waals surface area contributed by atoms with Crippen molar-refractivity contribution in [1.29, 1.82) is 0 Å². The zero-order valence-corrected chi connectivity index (χ0v) is 17.7. The van der Waals surface area contributed by atoms with Crippen molar-refractivity contribution in [2.75, 3.05) is 22.7 Å². The Morgan fingerprint density at radius 1 is 1.18 bits per heavy atom. The van der Waals surface area contributed by atoms with Gasteiger partial charge in [0.2, 0.25) is 11.8 Å². The summed E-state index contributed by atoms with van der Waals surface area (Å²) in [6, 6.07) is 18.3. The summed E-state index contributed by atoms with van der Waals surface area (Å²) in [7, 11) is 0. The van der Waals surface area contributed by atoms with E-state index < -0.39 is 0 Å². The number of carbonyl (C=O) groups is 1. The van der Waals surface area contributed by atoms with Gasteiger partial charge in [0.25, 0.3) is 5.22 Å². The smallest absolute Gasteiger partial charge is 0.277 e. The number of carbonyl (C=O) groups excluding carboxylic acids is 1. The maximum atomic E-state index is 13.3. The average Bonchev–Trinajstić information content (AvgIpc) is 3.19. The van der Waals surface area contributed by atoms with E-state index in [1.807, 2.05) is 47.6 Å². The fourth-order valence-corrected chi connectivity index (χ4v) is 5.26. The SMILES string of the molecule is CSCc1nnc(SCC(=O)N2c3ccccc3SC[C@H]2c2ccccc2)o1. The Bertz CT molecular complexity index is 949. The van der Waals surface area contributed by atoms with Gasteiger partial charge >= 0.3 is 0 Å². The minimum absolute atomic E-state index is 0.00365. The first-order chi connectivity index (χ1) is 13.8. The molecule has 2 heterocycles. The molecule has 0 fully saturated rings. The first-order valence-corrected chi connectivity index (χ1v) is 12.2. The molecule has 0 radical (unpaired) electrons. The second kappa shape index (κ2) is 9.07. The van der Waals surface area contributed by atoms with Gasteiger partial charge in [-0.25, -0.2) is 0 Å². The highest BCUT2D eigenvalue weighted by Gasteiger charge is 2.32. The first-order valence-electron chi connectivity index (χ1n) is 8.79. The van der Waals surface area contributed by atoms with Crippen LogP contribution in [-0.4, -0.2) is 33.9 Å². The van der Waals surface area contributed by atoms with Crippen molar-refractivity contribution >= 4 is 46.9 Å². The van der Waals surface area contributed by atoms with Crippen LogP contribution in [0.1, 0.15) is 17.5 Å². The zero-order valence-electron chi connectivity index (χ0n) is 15.3. The van der Waals surface area contributed by atoms with Crippen molar-refractivity contribution in [2.24, 2.45) is 0 Å². The van der Waals surface area contributed by atoms with Crippen molar-refractivity contribution in [1.82, 2.24) is 10.2 Å². The van der Waals surface area contributed by atoms with E-state index in [0.29, 0.717) is 16.9 Å². The van der Waals surface area contributed by atoms with Crippen LogP contribution in [0.5, 0.6) is 0 Å². The van der Waals surface area contributed by atoms with E-state index in [0.717, 1.165) is 21.9 Å². The van der Waals surface area contributed by atoms with Crippen LogP contribution in [0.25, 0.3) is 0 Å². The molecule has 1 aliphatic rings. The molecule has 5 nitrogen and oxygen atoms in total. The predicted octanol–water partition coefficient (Wildman–Crippen LogP) is 4.90. The van der Waals surface area contributed by atoms with Crippen molar-refractivity contribution in [3.63, 3.8) is 0 Å². The number of fused-ring (bicyclic) bond motifs is 1. The van der Waals surface area contributed by atoms with Gasteiger partial charge in [-0.05, 0) is 24.0 Å². The molecular weight excluding hydrogens is 410 g/mol. The van der Waals surface area contributed by atoms with E-state index in [4.69, 9.17) is 4.42 Å². The van der Waals surface area contributed by atoms with E-state index in [9.17, 15) is 4.79 Å². The molecule has 1 aromatic heterocycles. The molecule has 144 valence electrons. The van der Waals surface area contributed by atoms with Gasteiger partial charge in [0.15, 0.2) is 0 Å². The largest absolute Gasteiger partial charge is 0.415 e. The number of nitrogens with zero attached hydrogens (tertiary/aromatic N) is 3. The molecule has 2 aromatic carbocycles. The van der Waals surface area contributed by atoms with E-state index in [1.165, 1.54) is 11.8 Å². The second-order valence-corrected chi connectivity index (χ2v) is 9.01. The fourth-order valence-electron chi connectivity index (χ4n) is 3.09. The lowest BCUT2D eigenvalue weighted by atomic mass is 10.1. The first kappa shape index (κ1) is 19.4. The standard InChI is InChI=1S/C20H19N3O2S3/c1-26-12-18-21-22-20(25-18)28-13-19(24)23-15-9-5-6-10-17(15)27-11-16(23)14-7-3-2-4-8-14/h2-10,16H,11-13H2,1H3/t16-/m0/s1. The van der Waals surface area contributed by atoms with Gasteiger partial charge in [-0.1, -0.05) is 54.2 Å². The van der Waals surface area contributed by atoms with Crippen molar-refractivity contribution < 1.29 is 9.21 Å². The Balaban J connectivity index is 1.56. The number of amides is 1. The van der Waals surface area contributed by atoms with Gasteiger partial charge in [-0.15, -0.1) is 22.0 Å². The number of aromatic nitrogens is 2. The molecule has 0 aliphatic carbocycles. The molecule has 1 atom stereocenters. The second-order valence-electron chi connectivity index (χ2n) is 6.15. The van der Waals surface area contributed by atoms with Crippen molar-refractivity contribution in [3.05, 3.63) is 66.1 Å². The number of anilines is 1. The molecule has 0 saturated carbocycles. The lowest BCUT2D eigenvalue weighted by Gasteiger charge is -2.37. The molecule has 1 amide bonds. The Morgan fingerprint density at radius 2 is 1.96 bits per heavy atom. The maximum absolute atomic E-state index is 13.3. The van der Waals surface area contributed by atoms with Gasteiger partial charge in [-0.3, -0.25) is 4.79 Å². The summed E-state index contributed by atoms with van der Waals surface area (Å²) < 4.78 is 5.59. The molecule has 0 spiro atoms. The number of hydrogen-bond donors (Lipinski definition) is 0. The Hall–Kier alpha value is -1.90. The number of benzene rings is 2. The van der Waals surface area contributed by atoms with E-state index in [1.54, 1.807) is 23.5 Å². The van der Waals surface area contributed by atoms with Crippen LogP contribution in [-0.2, 0) is 10.5 Å². The summed E-state index contributed by atoms with van der Waals surface area (Å²) in [5, 5.41) is 8.48. The van der Waals surface area contributed by atoms with Gasteiger partial charge < -0.3 is 9.32 Å². The normalized spacial score (nSPS) is 16.0. The van der Waals surface area contributed by atoms with Crippen LogP contribution in [0.15, 0.2) is 69.1 Å². The van der Waals surface area contributed by atoms with Crippen LogP contribution in [0.3, 0.4) is 0 Å². The highest BCUT2D eigenvalue weighted by Crippen LogP contribution is 2.43. The quantitative estimate of drug-likeness (QED) is 0.516. The maximum Gasteiger partial charge on any atom is 0.277 e. The number of thioether (sulfide) groups is 3. The van der Waals surface area contributed by atoms with E-state index >= 15 is 0 Å². The molecule has 0 bridgehead atoms. The van der Waals surface area contributed by atoms with Crippen molar-refractivity contribution in [2.45, 2.75) is 21.9 Å². The third kappa shape index (κ3) is 4.24. The summed E-state index contributed by atoms with van der Waals surface area (Å²) in [6.45, 7) is 0. The highest BCUT2D eigenvalue weighted by atomic mass is 32.2. The molecule has 1 aliphatic heterocycles. The zero-order chi connectivity index (χ0) is 19.3. The average molecular weight is 430 g/mol. The third-order valence-electron chi connectivity index (χ3n) is 4.32. The van der Waals surface area contributed by atoms with Crippen LogP contribution < -0.4 is 4.90 Å². The minimum Gasteiger partial charge on any atom is -0.415 e. The summed E-state index contributed by atoms with van der Waals surface area (Å²) in [4.78, 5) is 16.3.